The molecule has 0 radical (unpaired) electrons. The van der Waals surface area contributed by atoms with Crippen molar-refractivity contribution in [3.05, 3.63) is 11.8 Å². The van der Waals surface area contributed by atoms with Crippen LogP contribution in [0.2, 0.25) is 0 Å². The van der Waals surface area contributed by atoms with Crippen LogP contribution >= 0.6 is 0 Å². The zero-order chi connectivity index (χ0) is 10.1. The van der Waals surface area contributed by atoms with Crippen molar-refractivity contribution in [1.29, 1.82) is 0 Å². The average molecular weight is 193 g/mol. The third-order valence-corrected chi connectivity index (χ3v) is 2.44. The molecule has 0 aromatic heterocycles. The largest absolute Gasteiger partial charge is 0.394 e. The van der Waals surface area contributed by atoms with Crippen molar-refractivity contribution in [3.63, 3.8) is 0 Å². The highest BCUT2D eigenvalue weighted by molar-refractivity contribution is 6.03. The summed E-state index contributed by atoms with van der Waals surface area (Å²) >= 11 is 0. The fourth-order valence-electron chi connectivity index (χ4n) is 1.57. The molecule has 0 spiro atoms. The van der Waals surface area contributed by atoms with E-state index in [0.717, 1.165) is 18.1 Å². The molecule has 0 aliphatic carbocycles. The number of fused-ring (bicyclic) bond motifs is 1. The van der Waals surface area contributed by atoms with Crippen LogP contribution in [0.3, 0.4) is 0 Å². The van der Waals surface area contributed by atoms with Crippen LogP contribution in [-0.4, -0.2) is 41.4 Å². The molecule has 0 aromatic rings. The Balaban J connectivity index is 2.20. The second kappa shape index (κ2) is 3.53. The summed E-state index contributed by atoms with van der Waals surface area (Å²) in [6.07, 6.45) is 3.81. The van der Waals surface area contributed by atoms with Gasteiger partial charge in [-0.1, -0.05) is 13.8 Å². The molecule has 4 heteroatoms. The van der Waals surface area contributed by atoms with E-state index in [9.17, 15) is 0 Å². The highest BCUT2D eigenvalue weighted by Gasteiger charge is 2.24. The van der Waals surface area contributed by atoms with E-state index in [1.54, 1.807) is 0 Å². The van der Waals surface area contributed by atoms with Gasteiger partial charge in [-0.15, -0.1) is 0 Å². The third-order valence-electron chi connectivity index (χ3n) is 2.44. The Morgan fingerprint density at radius 1 is 1.64 bits per heavy atom. The van der Waals surface area contributed by atoms with Gasteiger partial charge in [0.2, 0.25) is 0 Å². The summed E-state index contributed by atoms with van der Waals surface area (Å²) in [7, 11) is 0. The first-order valence-corrected chi connectivity index (χ1v) is 4.92. The standard InChI is InChI=1S/C10H15N3O/c1-7(2)9-3-10-12-8(5-14)4-13(10)6-11-9/h3,6-8,14H,4-5H2,1-2H3/t8-/m0/s1. The van der Waals surface area contributed by atoms with Crippen LogP contribution in [0, 0.1) is 5.92 Å². The van der Waals surface area contributed by atoms with Gasteiger partial charge in [0.1, 0.15) is 5.84 Å². The van der Waals surface area contributed by atoms with Crippen molar-refractivity contribution in [1.82, 2.24) is 4.90 Å². The first-order chi connectivity index (χ1) is 6.70. The van der Waals surface area contributed by atoms with Crippen LogP contribution in [0.5, 0.6) is 0 Å². The maximum Gasteiger partial charge on any atom is 0.131 e. The highest BCUT2D eigenvalue weighted by atomic mass is 16.3. The number of hydrogen-bond donors (Lipinski definition) is 1. The lowest BCUT2D eigenvalue weighted by atomic mass is 10.1. The lowest BCUT2D eigenvalue weighted by Gasteiger charge is -2.19. The van der Waals surface area contributed by atoms with Gasteiger partial charge in [-0.3, -0.25) is 4.99 Å². The third kappa shape index (κ3) is 1.57. The van der Waals surface area contributed by atoms with E-state index in [0.29, 0.717) is 5.92 Å². The van der Waals surface area contributed by atoms with Gasteiger partial charge < -0.3 is 10.0 Å². The van der Waals surface area contributed by atoms with E-state index in [4.69, 9.17) is 5.11 Å². The molecule has 4 nitrogen and oxygen atoms in total. The van der Waals surface area contributed by atoms with Gasteiger partial charge in [-0.25, -0.2) is 4.99 Å². The molecule has 0 amide bonds. The number of amidine groups is 1. The fraction of sp³-hybridized carbons (Fsp3) is 0.600. The van der Waals surface area contributed by atoms with Crippen LogP contribution in [0.4, 0.5) is 0 Å². The number of aliphatic hydroxyl groups is 1. The van der Waals surface area contributed by atoms with Crippen LogP contribution in [0.25, 0.3) is 0 Å². The zero-order valence-electron chi connectivity index (χ0n) is 8.51. The molecule has 0 saturated carbocycles. The molecule has 0 bridgehead atoms. The van der Waals surface area contributed by atoms with Crippen molar-refractivity contribution in [3.8, 4) is 0 Å². The Bertz CT molecular complexity index is 317. The molecule has 0 saturated heterocycles. The Kier molecular flexibility index (Phi) is 2.37. The molecule has 2 heterocycles. The lowest BCUT2D eigenvalue weighted by Crippen LogP contribution is -2.30. The van der Waals surface area contributed by atoms with Gasteiger partial charge in [-0.05, 0) is 5.92 Å². The molecular weight excluding hydrogens is 178 g/mol. The molecule has 0 fully saturated rings. The summed E-state index contributed by atoms with van der Waals surface area (Å²) in [5.74, 6) is 1.35. The topological polar surface area (TPSA) is 48.2 Å². The summed E-state index contributed by atoms with van der Waals surface area (Å²) in [6, 6.07) is 0.0132. The number of aliphatic imine (C=N–C) groups is 2. The molecule has 0 unspecified atom stereocenters. The minimum Gasteiger partial charge on any atom is -0.394 e. The van der Waals surface area contributed by atoms with Gasteiger partial charge in [0, 0.05) is 11.8 Å². The maximum absolute atomic E-state index is 8.99. The van der Waals surface area contributed by atoms with Crippen LogP contribution in [-0.2, 0) is 0 Å². The Morgan fingerprint density at radius 3 is 3.07 bits per heavy atom. The van der Waals surface area contributed by atoms with Gasteiger partial charge >= 0.3 is 0 Å². The van der Waals surface area contributed by atoms with Gasteiger partial charge in [0.15, 0.2) is 0 Å². The highest BCUT2D eigenvalue weighted by Crippen LogP contribution is 2.18. The summed E-state index contributed by atoms with van der Waals surface area (Å²) in [5, 5.41) is 8.99. The second-order valence-corrected chi connectivity index (χ2v) is 3.94. The van der Waals surface area contributed by atoms with Crippen molar-refractivity contribution < 1.29 is 5.11 Å². The summed E-state index contributed by atoms with van der Waals surface area (Å²) < 4.78 is 0. The molecular formula is C10H15N3O. The van der Waals surface area contributed by atoms with Crippen molar-refractivity contribution in [2.45, 2.75) is 19.9 Å². The number of allylic oxidation sites excluding steroid dienone is 1. The maximum atomic E-state index is 8.99. The zero-order valence-corrected chi connectivity index (χ0v) is 8.51. The molecule has 76 valence electrons. The predicted octanol–water partition coefficient (Wildman–Crippen LogP) is 0.643. The van der Waals surface area contributed by atoms with E-state index in [1.165, 1.54) is 0 Å². The Hall–Kier alpha value is -1.16. The molecule has 2 rings (SSSR count). The first kappa shape index (κ1) is 9.40. The monoisotopic (exact) mass is 193 g/mol. The van der Waals surface area contributed by atoms with E-state index in [2.05, 4.69) is 23.8 Å². The number of nitrogens with zero attached hydrogens (tertiary/aromatic N) is 3. The minimum atomic E-state index is 0.0132. The van der Waals surface area contributed by atoms with Gasteiger partial charge in [0.05, 0.1) is 25.5 Å². The van der Waals surface area contributed by atoms with Crippen molar-refractivity contribution in [2.75, 3.05) is 13.2 Å². The summed E-state index contributed by atoms with van der Waals surface area (Å²) in [4.78, 5) is 10.7. The van der Waals surface area contributed by atoms with Crippen molar-refractivity contribution >= 4 is 12.2 Å². The first-order valence-electron chi connectivity index (χ1n) is 4.92. The molecule has 2 aliphatic heterocycles. The number of aliphatic hydroxyl groups excluding tert-OH is 1. The van der Waals surface area contributed by atoms with E-state index < -0.39 is 0 Å². The van der Waals surface area contributed by atoms with Crippen LogP contribution in [0.1, 0.15) is 13.8 Å². The summed E-state index contributed by atoms with van der Waals surface area (Å²) in [6.45, 7) is 5.08. The second-order valence-electron chi connectivity index (χ2n) is 3.94. The number of hydrogen-bond acceptors (Lipinski definition) is 4. The average Bonchev–Trinajstić information content (AvgIpc) is 2.58. The quantitative estimate of drug-likeness (QED) is 0.699. The van der Waals surface area contributed by atoms with E-state index >= 15 is 0 Å². The van der Waals surface area contributed by atoms with Crippen molar-refractivity contribution in [2.24, 2.45) is 15.9 Å². The van der Waals surface area contributed by atoms with E-state index in [-0.39, 0.29) is 12.6 Å². The summed E-state index contributed by atoms with van der Waals surface area (Å²) in [5.41, 5.74) is 1.05. The van der Waals surface area contributed by atoms with Gasteiger partial charge in [-0.2, -0.15) is 0 Å². The molecule has 1 N–H and O–H groups in total. The van der Waals surface area contributed by atoms with Crippen LogP contribution < -0.4 is 0 Å². The molecule has 1 atom stereocenters. The lowest BCUT2D eigenvalue weighted by molar-refractivity contribution is 0.265. The Morgan fingerprint density at radius 2 is 2.43 bits per heavy atom. The van der Waals surface area contributed by atoms with E-state index in [1.807, 2.05) is 17.3 Å². The molecule has 0 aromatic carbocycles. The predicted molar refractivity (Wildman–Crippen MR) is 56.4 cm³/mol. The smallest absolute Gasteiger partial charge is 0.131 e. The molecule has 14 heavy (non-hydrogen) atoms. The minimum absolute atomic E-state index is 0.0132. The fourth-order valence-corrected chi connectivity index (χ4v) is 1.57. The normalized spacial score (nSPS) is 25.1. The Labute approximate surface area is 83.7 Å². The van der Waals surface area contributed by atoms with Crippen LogP contribution in [0.15, 0.2) is 21.8 Å². The molecule has 2 aliphatic rings. The van der Waals surface area contributed by atoms with Gasteiger partial charge in [0.25, 0.3) is 0 Å². The SMILES string of the molecule is CC(C)C1=CC2=N[C@H](CO)CN2C=N1. The number of rotatable bonds is 2.